The van der Waals surface area contributed by atoms with E-state index < -0.39 is 4.92 Å². The van der Waals surface area contributed by atoms with Crippen molar-refractivity contribution >= 4 is 11.6 Å². The van der Waals surface area contributed by atoms with Crippen LogP contribution in [0.3, 0.4) is 0 Å². The van der Waals surface area contributed by atoms with Crippen LogP contribution < -0.4 is 4.74 Å². The number of rotatable bonds is 4. The van der Waals surface area contributed by atoms with Crippen molar-refractivity contribution in [3.63, 3.8) is 0 Å². The number of ether oxygens (including phenoxy) is 1. The van der Waals surface area contributed by atoms with E-state index in [1.54, 1.807) is 17.9 Å². The standard InChI is InChI=1S/C18H17N5O4/c1-12-14(5-2-6-16(12)23(25)26)18(24)22-9-3-4-13(11-22)27-17-15(10-19)20-7-8-21-17/h2,5-8,13H,3-4,9,11H2,1H3. The predicted molar refractivity (Wildman–Crippen MR) is 94.1 cm³/mol. The van der Waals surface area contributed by atoms with E-state index in [1.165, 1.54) is 24.5 Å². The molecule has 0 bridgehead atoms. The monoisotopic (exact) mass is 367 g/mol. The first-order valence-electron chi connectivity index (χ1n) is 8.42. The molecular weight excluding hydrogens is 350 g/mol. The number of nitro groups is 1. The topological polar surface area (TPSA) is 122 Å². The quantitative estimate of drug-likeness (QED) is 0.600. The maximum atomic E-state index is 12.9. The van der Waals surface area contributed by atoms with E-state index in [9.17, 15) is 14.9 Å². The third-order valence-electron chi connectivity index (χ3n) is 4.45. The van der Waals surface area contributed by atoms with Crippen molar-refractivity contribution in [2.45, 2.75) is 25.9 Å². The molecule has 9 heteroatoms. The molecule has 1 fully saturated rings. The summed E-state index contributed by atoms with van der Waals surface area (Å²) in [6.07, 6.45) is 3.94. The van der Waals surface area contributed by atoms with Crippen molar-refractivity contribution in [3.8, 4) is 11.9 Å². The normalized spacial score (nSPS) is 16.4. The molecule has 2 heterocycles. The van der Waals surface area contributed by atoms with Gasteiger partial charge in [0.1, 0.15) is 12.2 Å². The molecule has 1 aliphatic rings. The number of nitrogens with zero attached hydrogens (tertiary/aromatic N) is 5. The number of hydrogen-bond donors (Lipinski definition) is 0. The molecule has 2 aromatic rings. The van der Waals surface area contributed by atoms with Crippen molar-refractivity contribution in [1.82, 2.24) is 14.9 Å². The summed E-state index contributed by atoms with van der Waals surface area (Å²) < 4.78 is 5.79. The number of carbonyl (C=O) groups excluding carboxylic acids is 1. The van der Waals surface area contributed by atoms with Gasteiger partial charge in [-0.05, 0) is 25.8 Å². The zero-order valence-corrected chi connectivity index (χ0v) is 14.7. The van der Waals surface area contributed by atoms with Gasteiger partial charge in [-0.2, -0.15) is 5.26 Å². The lowest BCUT2D eigenvalue weighted by molar-refractivity contribution is -0.385. The number of nitro benzene ring substituents is 1. The minimum atomic E-state index is -0.494. The fourth-order valence-corrected chi connectivity index (χ4v) is 3.09. The number of piperidine rings is 1. The van der Waals surface area contributed by atoms with E-state index in [0.29, 0.717) is 37.1 Å². The Morgan fingerprint density at radius 1 is 1.41 bits per heavy atom. The zero-order chi connectivity index (χ0) is 19.4. The van der Waals surface area contributed by atoms with Gasteiger partial charge in [0.2, 0.25) is 5.69 Å². The molecule has 27 heavy (non-hydrogen) atoms. The molecule has 3 rings (SSSR count). The highest BCUT2D eigenvalue weighted by Gasteiger charge is 2.28. The zero-order valence-electron chi connectivity index (χ0n) is 14.7. The van der Waals surface area contributed by atoms with Gasteiger partial charge in [0.25, 0.3) is 17.5 Å². The van der Waals surface area contributed by atoms with E-state index in [0.717, 1.165) is 0 Å². The summed E-state index contributed by atoms with van der Waals surface area (Å²) in [5, 5.41) is 20.2. The largest absolute Gasteiger partial charge is 0.470 e. The maximum absolute atomic E-state index is 12.9. The van der Waals surface area contributed by atoms with Gasteiger partial charge in [0, 0.05) is 36.1 Å². The number of carbonyl (C=O) groups is 1. The van der Waals surface area contributed by atoms with Crippen LogP contribution in [0.25, 0.3) is 0 Å². The van der Waals surface area contributed by atoms with E-state index in [2.05, 4.69) is 9.97 Å². The molecule has 0 aliphatic carbocycles. The molecule has 1 aromatic carbocycles. The molecule has 0 saturated carbocycles. The fraction of sp³-hybridized carbons (Fsp3) is 0.333. The number of amides is 1. The predicted octanol–water partition coefficient (Wildman–Crippen LogP) is 2.25. The molecular formula is C18H17N5O4. The number of nitriles is 1. The van der Waals surface area contributed by atoms with Gasteiger partial charge in [-0.15, -0.1) is 0 Å². The van der Waals surface area contributed by atoms with Crippen LogP contribution in [0.1, 0.15) is 34.5 Å². The summed E-state index contributed by atoms with van der Waals surface area (Å²) in [6.45, 7) is 2.41. The SMILES string of the molecule is Cc1c(C(=O)N2CCCC(Oc3nccnc3C#N)C2)cccc1[N+](=O)[O-]. The second-order valence-corrected chi connectivity index (χ2v) is 6.16. The summed E-state index contributed by atoms with van der Waals surface area (Å²) >= 11 is 0. The van der Waals surface area contributed by atoms with Gasteiger partial charge in [-0.1, -0.05) is 6.07 Å². The Morgan fingerprint density at radius 3 is 2.93 bits per heavy atom. The Labute approximate surface area is 155 Å². The lowest BCUT2D eigenvalue weighted by atomic mass is 10.0. The average Bonchev–Trinajstić information content (AvgIpc) is 2.68. The highest BCUT2D eigenvalue weighted by atomic mass is 16.6. The minimum absolute atomic E-state index is 0.0797. The fourth-order valence-electron chi connectivity index (χ4n) is 3.09. The highest BCUT2D eigenvalue weighted by Crippen LogP contribution is 2.24. The van der Waals surface area contributed by atoms with Gasteiger partial charge < -0.3 is 9.64 Å². The van der Waals surface area contributed by atoms with E-state index in [4.69, 9.17) is 10.00 Å². The van der Waals surface area contributed by atoms with Gasteiger partial charge >= 0.3 is 0 Å². The van der Waals surface area contributed by atoms with Gasteiger partial charge in [0.05, 0.1) is 11.5 Å². The molecule has 0 radical (unpaired) electrons. The molecule has 9 nitrogen and oxygen atoms in total. The summed E-state index contributed by atoms with van der Waals surface area (Å²) in [5.74, 6) is -0.130. The van der Waals surface area contributed by atoms with Crippen molar-refractivity contribution < 1.29 is 14.5 Å². The number of hydrogen-bond acceptors (Lipinski definition) is 7. The van der Waals surface area contributed by atoms with E-state index >= 15 is 0 Å². The summed E-state index contributed by atoms with van der Waals surface area (Å²) in [5.41, 5.74) is 0.665. The first kappa shape index (κ1) is 18.3. The second-order valence-electron chi connectivity index (χ2n) is 6.16. The van der Waals surface area contributed by atoms with Crippen molar-refractivity contribution in [2.75, 3.05) is 13.1 Å². The summed E-state index contributed by atoms with van der Waals surface area (Å²) in [7, 11) is 0. The van der Waals surface area contributed by atoms with Crippen LogP contribution in [0.15, 0.2) is 30.6 Å². The highest BCUT2D eigenvalue weighted by molar-refractivity contribution is 5.96. The van der Waals surface area contributed by atoms with Crippen LogP contribution in [-0.4, -0.2) is 44.9 Å². The maximum Gasteiger partial charge on any atom is 0.273 e. The minimum Gasteiger partial charge on any atom is -0.470 e. The Balaban J connectivity index is 1.77. The molecule has 138 valence electrons. The third-order valence-corrected chi connectivity index (χ3v) is 4.45. The van der Waals surface area contributed by atoms with E-state index in [1.807, 2.05) is 6.07 Å². The second kappa shape index (κ2) is 7.78. The smallest absolute Gasteiger partial charge is 0.273 e. The molecule has 1 unspecified atom stereocenters. The van der Waals surface area contributed by atoms with Crippen LogP contribution in [0.2, 0.25) is 0 Å². The summed E-state index contributed by atoms with van der Waals surface area (Å²) in [6, 6.07) is 6.40. The molecule has 1 amide bonds. The molecule has 0 spiro atoms. The van der Waals surface area contributed by atoms with Crippen LogP contribution in [-0.2, 0) is 0 Å². The number of likely N-dealkylation sites (tertiary alicyclic amines) is 1. The molecule has 1 saturated heterocycles. The first-order valence-corrected chi connectivity index (χ1v) is 8.42. The Morgan fingerprint density at radius 2 is 2.19 bits per heavy atom. The Hall–Kier alpha value is -3.54. The summed E-state index contributed by atoms with van der Waals surface area (Å²) in [4.78, 5) is 33.1. The Bertz CT molecular complexity index is 924. The van der Waals surface area contributed by atoms with Crippen molar-refractivity contribution in [1.29, 1.82) is 5.26 Å². The number of aromatic nitrogens is 2. The lowest BCUT2D eigenvalue weighted by Crippen LogP contribution is -2.44. The average molecular weight is 367 g/mol. The first-order chi connectivity index (χ1) is 13.0. The molecule has 1 aliphatic heterocycles. The molecule has 0 N–H and O–H groups in total. The van der Waals surface area contributed by atoms with Crippen molar-refractivity contribution in [3.05, 3.63) is 57.5 Å². The van der Waals surface area contributed by atoms with Crippen LogP contribution in [0, 0.1) is 28.4 Å². The number of benzene rings is 1. The van der Waals surface area contributed by atoms with Gasteiger partial charge in [-0.3, -0.25) is 14.9 Å². The van der Waals surface area contributed by atoms with Gasteiger partial charge in [0.15, 0.2) is 0 Å². The van der Waals surface area contributed by atoms with Crippen LogP contribution in [0.5, 0.6) is 5.88 Å². The van der Waals surface area contributed by atoms with E-state index in [-0.39, 0.29) is 29.3 Å². The lowest BCUT2D eigenvalue weighted by Gasteiger charge is -2.33. The van der Waals surface area contributed by atoms with Crippen LogP contribution in [0.4, 0.5) is 5.69 Å². The van der Waals surface area contributed by atoms with Crippen molar-refractivity contribution in [2.24, 2.45) is 0 Å². The molecule has 1 aromatic heterocycles. The van der Waals surface area contributed by atoms with Gasteiger partial charge in [-0.25, -0.2) is 9.97 Å². The Kier molecular flexibility index (Phi) is 5.26. The molecule has 1 atom stereocenters. The van der Waals surface area contributed by atoms with Crippen LogP contribution >= 0.6 is 0 Å². The third kappa shape index (κ3) is 3.84.